The van der Waals surface area contributed by atoms with Gasteiger partial charge in [-0.15, -0.1) is 0 Å². The molecule has 4 rings (SSSR count). The quantitative estimate of drug-likeness (QED) is 0.664. The zero-order valence-electron chi connectivity index (χ0n) is 17.8. The molecule has 0 aliphatic carbocycles. The first kappa shape index (κ1) is 20.9. The van der Waals surface area contributed by atoms with Crippen molar-refractivity contribution in [3.05, 3.63) is 58.9 Å². The van der Waals surface area contributed by atoms with Crippen molar-refractivity contribution >= 4 is 12.6 Å². The first-order valence-electron chi connectivity index (χ1n) is 9.93. The summed E-state index contributed by atoms with van der Waals surface area (Å²) in [5.74, 6) is 0.851. The Labute approximate surface area is 168 Å². The second-order valence-corrected chi connectivity index (χ2v) is 8.64. The first-order chi connectivity index (χ1) is 13.1. The fourth-order valence-electron chi connectivity index (χ4n) is 3.21. The van der Waals surface area contributed by atoms with Gasteiger partial charge in [0, 0.05) is 0 Å². The van der Waals surface area contributed by atoms with Crippen LogP contribution in [0.4, 0.5) is 4.39 Å². The van der Waals surface area contributed by atoms with Crippen molar-refractivity contribution in [3.63, 3.8) is 0 Å². The Morgan fingerprint density at radius 2 is 1.57 bits per heavy atom. The van der Waals surface area contributed by atoms with Crippen molar-refractivity contribution in [2.75, 3.05) is 6.61 Å². The zero-order valence-corrected chi connectivity index (χ0v) is 17.8. The fourth-order valence-corrected chi connectivity index (χ4v) is 3.21. The highest BCUT2D eigenvalue weighted by Crippen LogP contribution is 2.36. The molecule has 0 aromatic heterocycles. The molecule has 2 aromatic rings. The topological polar surface area (TPSA) is 27.7 Å². The SMILES string of the molecule is CC1(C)OB(c2ccc3c(c2)CCCO3)OC1(C)C.Cc1ccc(F)cc1C. The van der Waals surface area contributed by atoms with Gasteiger partial charge in [-0.05, 0) is 94.7 Å². The summed E-state index contributed by atoms with van der Waals surface area (Å²) in [4.78, 5) is 0. The Morgan fingerprint density at radius 3 is 2.18 bits per heavy atom. The van der Waals surface area contributed by atoms with Crippen LogP contribution in [-0.4, -0.2) is 24.9 Å². The number of halogens is 1. The highest BCUT2D eigenvalue weighted by atomic mass is 19.1. The monoisotopic (exact) mass is 384 g/mol. The first-order valence-corrected chi connectivity index (χ1v) is 9.93. The van der Waals surface area contributed by atoms with Gasteiger partial charge >= 0.3 is 7.12 Å². The molecule has 2 aliphatic heterocycles. The predicted molar refractivity (Wildman–Crippen MR) is 112 cm³/mol. The van der Waals surface area contributed by atoms with Gasteiger partial charge in [-0.2, -0.15) is 0 Å². The summed E-state index contributed by atoms with van der Waals surface area (Å²) in [6.45, 7) is 13.0. The smallest absolute Gasteiger partial charge is 0.493 e. The average Bonchev–Trinajstić information content (AvgIpc) is 2.86. The second kappa shape index (κ2) is 7.88. The summed E-state index contributed by atoms with van der Waals surface area (Å²) < 4.78 is 30.1. The van der Waals surface area contributed by atoms with Crippen LogP contribution in [0, 0.1) is 19.7 Å². The third kappa shape index (κ3) is 4.42. The molecule has 2 aromatic carbocycles. The van der Waals surface area contributed by atoms with E-state index in [1.807, 2.05) is 26.0 Å². The lowest BCUT2D eigenvalue weighted by Crippen LogP contribution is -2.41. The van der Waals surface area contributed by atoms with Crippen molar-refractivity contribution in [2.45, 2.75) is 65.6 Å². The maximum absolute atomic E-state index is 12.3. The van der Waals surface area contributed by atoms with Crippen LogP contribution >= 0.6 is 0 Å². The average molecular weight is 384 g/mol. The van der Waals surface area contributed by atoms with E-state index >= 15 is 0 Å². The number of hydrogen-bond acceptors (Lipinski definition) is 3. The number of aryl methyl sites for hydroxylation is 3. The maximum atomic E-state index is 12.3. The van der Waals surface area contributed by atoms with E-state index in [0.29, 0.717) is 0 Å². The standard InChI is InChI=1S/C15H21BO3.C8H9F/c1-14(2)15(3,4)19-16(18-14)12-7-8-13-11(10-12)6-5-9-17-13;1-6-3-4-8(9)5-7(6)2/h7-8,10H,5-6,9H2,1-4H3;3-5H,1-2H3. The van der Waals surface area contributed by atoms with Gasteiger partial charge in [0.15, 0.2) is 0 Å². The van der Waals surface area contributed by atoms with Crippen molar-refractivity contribution in [2.24, 2.45) is 0 Å². The third-order valence-corrected chi connectivity index (χ3v) is 5.93. The molecular formula is C23H30BFO3. The molecule has 5 heteroatoms. The minimum atomic E-state index is -0.288. The van der Waals surface area contributed by atoms with E-state index in [4.69, 9.17) is 14.0 Å². The van der Waals surface area contributed by atoms with Gasteiger partial charge in [-0.1, -0.05) is 18.2 Å². The highest BCUT2D eigenvalue weighted by Gasteiger charge is 2.51. The van der Waals surface area contributed by atoms with E-state index in [1.54, 1.807) is 6.07 Å². The molecule has 150 valence electrons. The number of fused-ring (bicyclic) bond motifs is 1. The molecule has 0 radical (unpaired) electrons. The van der Waals surface area contributed by atoms with Gasteiger partial charge in [0.1, 0.15) is 11.6 Å². The van der Waals surface area contributed by atoms with E-state index in [1.165, 1.54) is 17.7 Å². The number of ether oxygens (including phenoxy) is 1. The molecule has 0 atom stereocenters. The van der Waals surface area contributed by atoms with Crippen LogP contribution in [0.25, 0.3) is 0 Å². The molecule has 1 fully saturated rings. The van der Waals surface area contributed by atoms with Crippen molar-refractivity contribution in [1.29, 1.82) is 0 Å². The highest BCUT2D eigenvalue weighted by molar-refractivity contribution is 6.62. The molecular weight excluding hydrogens is 354 g/mol. The van der Waals surface area contributed by atoms with E-state index in [2.05, 4.69) is 33.8 Å². The predicted octanol–water partition coefficient (Wildman–Crippen LogP) is 4.75. The normalized spacial score (nSPS) is 19.3. The maximum Gasteiger partial charge on any atom is 0.494 e. The van der Waals surface area contributed by atoms with Crippen LogP contribution in [0.15, 0.2) is 36.4 Å². The molecule has 0 unspecified atom stereocenters. The molecule has 2 aliphatic rings. The van der Waals surface area contributed by atoms with Crippen molar-refractivity contribution in [3.8, 4) is 5.75 Å². The Hall–Kier alpha value is -1.85. The van der Waals surface area contributed by atoms with Gasteiger partial charge < -0.3 is 14.0 Å². The zero-order chi connectivity index (χ0) is 20.5. The van der Waals surface area contributed by atoms with Crippen LogP contribution in [-0.2, 0) is 15.7 Å². The lowest BCUT2D eigenvalue weighted by atomic mass is 9.78. The van der Waals surface area contributed by atoms with E-state index in [9.17, 15) is 4.39 Å². The Bertz CT molecular complexity index is 832. The Morgan fingerprint density at radius 1 is 0.893 bits per heavy atom. The summed E-state index contributed by atoms with van der Waals surface area (Å²) >= 11 is 0. The van der Waals surface area contributed by atoms with Crippen molar-refractivity contribution in [1.82, 2.24) is 0 Å². The third-order valence-electron chi connectivity index (χ3n) is 5.93. The summed E-state index contributed by atoms with van der Waals surface area (Å²) in [6, 6.07) is 11.0. The van der Waals surface area contributed by atoms with Gasteiger partial charge in [0.25, 0.3) is 0 Å². The molecule has 0 amide bonds. The molecule has 0 spiro atoms. The van der Waals surface area contributed by atoms with Gasteiger partial charge in [-0.3, -0.25) is 0 Å². The summed E-state index contributed by atoms with van der Waals surface area (Å²) in [5.41, 5.74) is 3.92. The summed E-state index contributed by atoms with van der Waals surface area (Å²) in [7, 11) is -0.280. The van der Waals surface area contributed by atoms with Gasteiger partial charge in [-0.25, -0.2) is 4.39 Å². The van der Waals surface area contributed by atoms with Crippen LogP contribution in [0.1, 0.15) is 50.8 Å². The van der Waals surface area contributed by atoms with Crippen LogP contribution < -0.4 is 10.2 Å². The lowest BCUT2D eigenvalue weighted by molar-refractivity contribution is 0.00578. The van der Waals surface area contributed by atoms with E-state index in [-0.39, 0.29) is 24.1 Å². The van der Waals surface area contributed by atoms with Crippen LogP contribution in [0.5, 0.6) is 5.75 Å². The number of hydrogen-bond donors (Lipinski definition) is 0. The molecule has 0 bridgehead atoms. The second-order valence-electron chi connectivity index (χ2n) is 8.64. The lowest BCUT2D eigenvalue weighted by Gasteiger charge is -2.32. The van der Waals surface area contributed by atoms with Gasteiger partial charge in [0.2, 0.25) is 0 Å². The van der Waals surface area contributed by atoms with Crippen molar-refractivity contribution < 1.29 is 18.4 Å². The van der Waals surface area contributed by atoms with E-state index < -0.39 is 0 Å². The molecule has 0 N–H and O–H groups in total. The molecule has 1 saturated heterocycles. The largest absolute Gasteiger partial charge is 0.494 e. The Kier molecular flexibility index (Phi) is 5.88. The molecule has 2 heterocycles. The van der Waals surface area contributed by atoms with Gasteiger partial charge in [0.05, 0.1) is 17.8 Å². The number of benzene rings is 2. The summed E-state index contributed by atoms with van der Waals surface area (Å²) in [6.07, 6.45) is 2.16. The summed E-state index contributed by atoms with van der Waals surface area (Å²) in [5, 5.41) is 0. The molecule has 28 heavy (non-hydrogen) atoms. The fraction of sp³-hybridized carbons (Fsp3) is 0.478. The number of rotatable bonds is 1. The Balaban J connectivity index is 0.000000211. The van der Waals surface area contributed by atoms with Crippen LogP contribution in [0.3, 0.4) is 0 Å². The minimum absolute atomic E-state index is 0.155. The minimum Gasteiger partial charge on any atom is -0.493 e. The van der Waals surface area contributed by atoms with Crippen LogP contribution in [0.2, 0.25) is 0 Å². The van der Waals surface area contributed by atoms with E-state index in [0.717, 1.165) is 41.8 Å². The molecule has 0 saturated carbocycles. The molecule has 3 nitrogen and oxygen atoms in total.